The molecule has 4 heteroatoms. The molecule has 0 saturated heterocycles. The summed E-state index contributed by atoms with van der Waals surface area (Å²) in [6, 6.07) is 16.9. The van der Waals surface area contributed by atoms with Gasteiger partial charge in [-0.2, -0.15) is 0 Å². The summed E-state index contributed by atoms with van der Waals surface area (Å²) >= 11 is 0. The largest absolute Gasteiger partial charge is 0.486 e. The molecular weight excluding hydrogens is 368 g/mol. The zero-order valence-electron chi connectivity index (χ0n) is 17.0. The minimum Gasteiger partial charge on any atom is -0.486 e. The van der Waals surface area contributed by atoms with E-state index in [1.54, 1.807) is 24.3 Å². The molecule has 150 valence electrons. The Morgan fingerprint density at radius 1 is 1.04 bits per heavy atom. The SMILES string of the molecule is CC(C)[C@@H]1CC[C@@H](C)CC12Oc1ccccc1C2CS(=O)(=O)c1ccccc1. The molecule has 1 aliphatic heterocycles. The first-order valence-electron chi connectivity index (χ1n) is 10.4. The molecule has 0 radical (unpaired) electrons. The molecule has 1 aliphatic carbocycles. The highest BCUT2D eigenvalue weighted by atomic mass is 32.2. The van der Waals surface area contributed by atoms with Crippen LogP contribution in [0.15, 0.2) is 59.5 Å². The van der Waals surface area contributed by atoms with Crippen LogP contribution >= 0.6 is 0 Å². The fourth-order valence-electron chi connectivity index (χ4n) is 5.50. The lowest BCUT2D eigenvalue weighted by Crippen LogP contribution is -2.53. The summed E-state index contributed by atoms with van der Waals surface area (Å²) in [6.07, 6.45) is 3.19. The highest BCUT2D eigenvalue weighted by molar-refractivity contribution is 7.91. The molecular formula is C24H30O3S. The van der Waals surface area contributed by atoms with Gasteiger partial charge in [0, 0.05) is 17.4 Å². The second-order valence-corrected chi connectivity index (χ2v) is 11.0. The van der Waals surface area contributed by atoms with E-state index < -0.39 is 15.4 Å². The van der Waals surface area contributed by atoms with E-state index in [2.05, 4.69) is 26.8 Å². The molecule has 0 bridgehead atoms. The van der Waals surface area contributed by atoms with Crippen molar-refractivity contribution in [1.29, 1.82) is 0 Å². The summed E-state index contributed by atoms with van der Waals surface area (Å²) in [5.41, 5.74) is 0.624. The van der Waals surface area contributed by atoms with Crippen molar-refractivity contribution in [3.05, 3.63) is 60.2 Å². The summed E-state index contributed by atoms with van der Waals surface area (Å²) < 4.78 is 33.4. The molecule has 3 nitrogen and oxygen atoms in total. The average Bonchev–Trinajstić information content (AvgIpc) is 2.95. The molecule has 2 aromatic rings. The molecule has 1 heterocycles. The van der Waals surface area contributed by atoms with Gasteiger partial charge in [0.15, 0.2) is 9.84 Å². The first kappa shape index (κ1) is 19.5. The molecule has 2 aromatic carbocycles. The normalized spacial score (nSPS) is 29.6. The quantitative estimate of drug-likeness (QED) is 0.686. The second kappa shape index (κ2) is 7.22. The fourth-order valence-corrected chi connectivity index (χ4v) is 7.16. The third-order valence-corrected chi connectivity index (χ3v) is 8.51. The zero-order chi connectivity index (χ0) is 19.9. The van der Waals surface area contributed by atoms with Crippen LogP contribution in [0.25, 0.3) is 0 Å². The minimum atomic E-state index is -3.41. The van der Waals surface area contributed by atoms with Crippen molar-refractivity contribution in [2.24, 2.45) is 17.8 Å². The van der Waals surface area contributed by atoms with Crippen molar-refractivity contribution in [3.8, 4) is 5.75 Å². The van der Waals surface area contributed by atoms with Gasteiger partial charge in [-0.25, -0.2) is 8.42 Å². The number of hydrogen-bond acceptors (Lipinski definition) is 3. The summed E-state index contributed by atoms with van der Waals surface area (Å²) in [6.45, 7) is 6.77. The monoisotopic (exact) mass is 398 g/mol. The maximum atomic E-state index is 13.3. The number of fused-ring (bicyclic) bond motifs is 1. The Morgan fingerprint density at radius 3 is 2.43 bits per heavy atom. The van der Waals surface area contributed by atoms with Crippen LogP contribution in [0.3, 0.4) is 0 Å². The van der Waals surface area contributed by atoms with Crippen LogP contribution in [-0.4, -0.2) is 19.8 Å². The number of hydrogen-bond donors (Lipinski definition) is 0. The Balaban J connectivity index is 1.81. The predicted molar refractivity (Wildman–Crippen MR) is 112 cm³/mol. The molecule has 2 unspecified atom stereocenters. The predicted octanol–water partition coefficient (Wildman–Crippen LogP) is 5.47. The third-order valence-electron chi connectivity index (χ3n) is 6.74. The highest BCUT2D eigenvalue weighted by Gasteiger charge is 2.57. The standard InChI is InChI=1S/C24H30O3S/c1-17(2)21-14-13-18(3)15-24(21)22(20-11-7-8-12-23(20)27-24)16-28(25,26)19-9-5-4-6-10-19/h4-12,17-18,21-22H,13-16H2,1-3H3/t18-,21+,22?,24?/m1/s1. The molecule has 0 amide bonds. The molecule has 2 aliphatic rings. The van der Waals surface area contributed by atoms with Crippen LogP contribution in [0, 0.1) is 17.8 Å². The molecule has 1 spiro atoms. The van der Waals surface area contributed by atoms with Gasteiger partial charge < -0.3 is 4.74 Å². The first-order valence-corrected chi connectivity index (χ1v) is 12.0. The Kier molecular flexibility index (Phi) is 5.03. The van der Waals surface area contributed by atoms with Gasteiger partial charge in [0.25, 0.3) is 0 Å². The van der Waals surface area contributed by atoms with Gasteiger partial charge in [-0.05, 0) is 42.9 Å². The summed E-state index contributed by atoms with van der Waals surface area (Å²) in [7, 11) is -3.41. The lowest BCUT2D eigenvalue weighted by molar-refractivity contribution is -0.0565. The lowest BCUT2D eigenvalue weighted by Gasteiger charge is -2.48. The molecule has 28 heavy (non-hydrogen) atoms. The van der Waals surface area contributed by atoms with Crippen LogP contribution in [0.5, 0.6) is 5.75 Å². The van der Waals surface area contributed by atoms with Crippen molar-refractivity contribution in [3.63, 3.8) is 0 Å². The van der Waals surface area contributed by atoms with Crippen molar-refractivity contribution in [2.45, 2.75) is 56.4 Å². The van der Waals surface area contributed by atoms with Gasteiger partial charge in [0.2, 0.25) is 0 Å². The van der Waals surface area contributed by atoms with Crippen LogP contribution < -0.4 is 4.74 Å². The van der Waals surface area contributed by atoms with E-state index in [1.165, 1.54) is 6.42 Å². The van der Waals surface area contributed by atoms with Crippen LogP contribution in [0.1, 0.15) is 51.5 Å². The van der Waals surface area contributed by atoms with Crippen LogP contribution in [0.4, 0.5) is 0 Å². The summed E-state index contributed by atoms with van der Waals surface area (Å²) in [5, 5.41) is 0. The van der Waals surface area contributed by atoms with Gasteiger partial charge >= 0.3 is 0 Å². The summed E-state index contributed by atoms with van der Waals surface area (Å²) in [4.78, 5) is 0.402. The molecule has 1 saturated carbocycles. The van der Waals surface area contributed by atoms with Crippen molar-refractivity contribution in [2.75, 3.05) is 5.75 Å². The smallest absolute Gasteiger partial charge is 0.179 e. The average molecular weight is 399 g/mol. The minimum absolute atomic E-state index is 0.101. The van der Waals surface area contributed by atoms with E-state index >= 15 is 0 Å². The van der Waals surface area contributed by atoms with Gasteiger partial charge in [-0.3, -0.25) is 0 Å². The molecule has 4 rings (SSSR count). The Labute approximate surface area is 169 Å². The Hall–Kier alpha value is -1.81. The van der Waals surface area contributed by atoms with Crippen molar-refractivity contribution in [1.82, 2.24) is 0 Å². The second-order valence-electron chi connectivity index (χ2n) is 8.98. The van der Waals surface area contributed by atoms with Gasteiger partial charge in [-0.1, -0.05) is 63.6 Å². The number of sulfone groups is 1. The van der Waals surface area contributed by atoms with Gasteiger partial charge in [0.1, 0.15) is 11.4 Å². The van der Waals surface area contributed by atoms with E-state index in [9.17, 15) is 8.42 Å². The highest BCUT2D eigenvalue weighted by Crippen LogP contribution is 2.57. The topological polar surface area (TPSA) is 43.4 Å². The Bertz CT molecular complexity index is 935. The number of benzene rings is 2. The number of ether oxygens (including phenoxy) is 1. The number of para-hydroxylation sites is 1. The molecule has 0 aromatic heterocycles. The van der Waals surface area contributed by atoms with E-state index in [-0.39, 0.29) is 11.7 Å². The lowest BCUT2D eigenvalue weighted by atomic mass is 9.62. The Morgan fingerprint density at radius 2 is 1.71 bits per heavy atom. The maximum absolute atomic E-state index is 13.3. The van der Waals surface area contributed by atoms with E-state index in [0.29, 0.717) is 22.6 Å². The maximum Gasteiger partial charge on any atom is 0.179 e. The molecule has 4 atom stereocenters. The van der Waals surface area contributed by atoms with Crippen molar-refractivity contribution >= 4 is 9.84 Å². The summed E-state index contributed by atoms with van der Waals surface area (Å²) in [5.74, 6) is 2.17. The van der Waals surface area contributed by atoms with Crippen LogP contribution in [-0.2, 0) is 9.84 Å². The number of rotatable bonds is 4. The fraction of sp³-hybridized carbons (Fsp3) is 0.500. The van der Waals surface area contributed by atoms with Gasteiger partial charge in [-0.15, -0.1) is 0 Å². The first-order chi connectivity index (χ1) is 13.3. The van der Waals surface area contributed by atoms with E-state index in [4.69, 9.17) is 4.74 Å². The van der Waals surface area contributed by atoms with E-state index in [1.807, 2.05) is 24.3 Å². The van der Waals surface area contributed by atoms with Crippen LogP contribution in [0.2, 0.25) is 0 Å². The van der Waals surface area contributed by atoms with Crippen molar-refractivity contribution < 1.29 is 13.2 Å². The third kappa shape index (κ3) is 3.26. The van der Waals surface area contributed by atoms with E-state index in [0.717, 1.165) is 24.2 Å². The molecule has 1 fully saturated rings. The zero-order valence-corrected chi connectivity index (χ0v) is 17.8. The van der Waals surface area contributed by atoms with Gasteiger partial charge in [0.05, 0.1) is 10.6 Å². The molecule has 0 N–H and O–H groups in total.